The molecule has 1 aromatic heterocycles. The fourth-order valence-corrected chi connectivity index (χ4v) is 3.26. The standard InChI is InChI=1S/C27H23N7O/c1-3-34(33-19(2)29)23-12-10-22(11-13-23)31-27-30-16-15-25(32-27)20-9-14-26(21(17-20)18-28)35-24-7-5-4-6-8-24/h3-17H,1H2,2H3,(H2,29,33)(H,30,31,32). The Morgan fingerprint density at radius 3 is 2.57 bits per heavy atom. The summed E-state index contributed by atoms with van der Waals surface area (Å²) in [5, 5.41) is 18.6. The Bertz CT molecular complexity index is 1390. The van der Waals surface area contributed by atoms with E-state index in [2.05, 4.69) is 33.0 Å². The van der Waals surface area contributed by atoms with E-state index in [1.807, 2.05) is 60.7 Å². The summed E-state index contributed by atoms with van der Waals surface area (Å²) in [7, 11) is 0. The predicted molar refractivity (Wildman–Crippen MR) is 138 cm³/mol. The van der Waals surface area contributed by atoms with Crippen molar-refractivity contribution in [1.82, 2.24) is 9.97 Å². The van der Waals surface area contributed by atoms with Crippen molar-refractivity contribution in [2.24, 2.45) is 10.8 Å². The fraction of sp³-hybridized carbons (Fsp3) is 0.0370. The summed E-state index contributed by atoms with van der Waals surface area (Å²) in [6, 6.07) is 26.2. The lowest BCUT2D eigenvalue weighted by molar-refractivity contribution is 0.481. The number of nitriles is 1. The summed E-state index contributed by atoms with van der Waals surface area (Å²) in [6.45, 7) is 5.47. The Hall–Kier alpha value is -5.16. The maximum atomic E-state index is 9.65. The maximum absolute atomic E-state index is 9.65. The topological polar surface area (TPSA) is 112 Å². The highest BCUT2D eigenvalue weighted by Crippen LogP contribution is 2.29. The van der Waals surface area contributed by atoms with Crippen LogP contribution < -0.4 is 20.8 Å². The zero-order valence-electron chi connectivity index (χ0n) is 19.1. The number of ether oxygens (including phenoxy) is 1. The van der Waals surface area contributed by atoms with Gasteiger partial charge in [-0.1, -0.05) is 24.8 Å². The molecule has 0 saturated heterocycles. The second kappa shape index (κ2) is 10.6. The monoisotopic (exact) mass is 461 g/mol. The van der Waals surface area contributed by atoms with Crippen LogP contribution in [0.4, 0.5) is 17.3 Å². The number of aromatic nitrogens is 2. The van der Waals surface area contributed by atoms with E-state index in [-0.39, 0.29) is 0 Å². The highest BCUT2D eigenvalue weighted by Gasteiger charge is 2.10. The lowest BCUT2D eigenvalue weighted by Crippen LogP contribution is -2.15. The number of anilines is 3. The van der Waals surface area contributed by atoms with Gasteiger partial charge in [0.25, 0.3) is 0 Å². The number of benzene rings is 3. The van der Waals surface area contributed by atoms with Crippen molar-refractivity contribution in [3.05, 3.63) is 103 Å². The minimum atomic E-state index is 0.414. The normalized spacial score (nSPS) is 10.8. The molecule has 4 aromatic rings. The number of hydrogen-bond donors (Lipinski definition) is 2. The number of amidine groups is 1. The fourth-order valence-electron chi connectivity index (χ4n) is 3.26. The zero-order chi connectivity index (χ0) is 24.6. The molecule has 0 atom stereocenters. The molecule has 4 rings (SSSR count). The van der Waals surface area contributed by atoms with Gasteiger partial charge in [-0.05, 0) is 67.6 Å². The minimum absolute atomic E-state index is 0.414. The molecule has 0 unspecified atom stereocenters. The van der Waals surface area contributed by atoms with Crippen molar-refractivity contribution < 1.29 is 4.74 Å². The van der Waals surface area contributed by atoms with Gasteiger partial charge in [-0.25, -0.2) is 15.0 Å². The van der Waals surface area contributed by atoms with Gasteiger partial charge in [-0.3, -0.25) is 0 Å². The van der Waals surface area contributed by atoms with Gasteiger partial charge in [0, 0.05) is 23.6 Å². The van der Waals surface area contributed by atoms with Crippen molar-refractivity contribution in [3.63, 3.8) is 0 Å². The first-order valence-electron chi connectivity index (χ1n) is 10.8. The van der Waals surface area contributed by atoms with Crippen molar-refractivity contribution in [2.75, 3.05) is 10.3 Å². The molecule has 3 N–H and O–H groups in total. The number of nitrogens with one attached hydrogen (secondary N) is 1. The van der Waals surface area contributed by atoms with Crippen LogP contribution >= 0.6 is 0 Å². The molecule has 8 nitrogen and oxygen atoms in total. The molecule has 0 radical (unpaired) electrons. The van der Waals surface area contributed by atoms with Gasteiger partial charge in [0.15, 0.2) is 0 Å². The van der Waals surface area contributed by atoms with Gasteiger partial charge < -0.3 is 15.8 Å². The number of rotatable bonds is 8. The van der Waals surface area contributed by atoms with E-state index >= 15 is 0 Å². The molecule has 1 heterocycles. The van der Waals surface area contributed by atoms with Gasteiger partial charge in [0.1, 0.15) is 23.4 Å². The van der Waals surface area contributed by atoms with E-state index in [4.69, 9.17) is 10.5 Å². The van der Waals surface area contributed by atoms with Crippen LogP contribution in [-0.4, -0.2) is 15.8 Å². The van der Waals surface area contributed by atoms with Gasteiger partial charge >= 0.3 is 0 Å². The molecular formula is C27H23N7O. The van der Waals surface area contributed by atoms with Crippen LogP contribution in [0, 0.1) is 11.3 Å². The first-order chi connectivity index (χ1) is 17.1. The number of nitrogens with two attached hydrogens (primary N) is 1. The SMILES string of the molecule is C=CN(/N=C(/C)N)c1ccc(Nc2nccc(-c3ccc(Oc4ccccc4)c(C#N)c3)n2)cc1. The molecule has 0 aliphatic carbocycles. The summed E-state index contributed by atoms with van der Waals surface area (Å²) in [5.74, 6) is 2.00. The first kappa shape index (κ1) is 23.0. The van der Waals surface area contributed by atoms with Crippen LogP contribution in [0.5, 0.6) is 11.5 Å². The molecule has 0 spiro atoms. The average Bonchev–Trinajstić information content (AvgIpc) is 2.89. The maximum Gasteiger partial charge on any atom is 0.227 e. The molecule has 35 heavy (non-hydrogen) atoms. The van der Waals surface area contributed by atoms with Crippen LogP contribution in [0.15, 0.2) is 103 Å². The van der Waals surface area contributed by atoms with Crippen molar-refractivity contribution in [3.8, 4) is 28.8 Å². The second-order valence-corrected chi connectivity index (χ2v) is 7.44. The Balaban J connectivity index is 1.53. The summed E-state index contributed by atoms with van der Waals surface area (Å²) in [5.41, 5.74) is 9.14. The molecule has 0 amide bonds. The quantitative estimate of drug-likeness (QED) is 0.194. The van der Waals surface area contributed by atoms with Crippen LogP contribution in [0.1, 0.15) is 12.5 Å². The average molecular weight is 462 g/mol. The summed E-state index contributed by atoms with van der Waals surface area (Å²) in [4.78, 5) is 8.92. The van der Waals surface area contributed by atoms with Crippen LogP contribution in [0.2, 0.25) is 0 Å². The number of hydrogen-bond acceptors (Lipinski definition) is 7. The van der Waals surface area contributed by atoms with Crippen LogP contribution in [0.25, 0.3) is 11.3 Å². The van der Waals surface area contributed by atoms with E-state index in [1.54, 1.807) is 42.5 Å². The van der Waals surface area contributed by atoms with Gasteiger partial charge in [0.2, 0.25) is 5.95 Å². The third-order valence-corrected chi connectivity index (χ3v) is 4.85. The lowest BCUT2D eigenvalue weighted by atomic mass is 10.1. The zero-order valence-corrected chi connectivity index (χ0v) is 19.1. The van der Waals surface area contributed by atoms with Crippen LogP contribution in [0.3, 0.4) is 0 Å². The second-order valence-electron chi connectivity index (χ2n) is 7.44. The molecular weight excluding hydrogens is 438 g/mol. The third kappa shape index (κ3) is 5.80. The highest BCUT2D eigenvalue weighted by atomic mass is 16.5. The van der Waals surface area contributed by atoms with E-state index in [0.29, 0.717) is 34.5 Å². The van der Waals surface area contributed by atoms with Gasteiger partial charge in [0.05, 0.1) is 16.9 Å². The highest BCUT2D eigenvalue weighted by molar-refractivity contribution is 5.79. The van der Waals surface area contributed by atoms with Gasteiger partial charge in [-0.15, -0.1) is 0 Å². The largest absolute Gasteiger partial charge is 0.456 e. The molecule has 0 fully saturated rings. The lowest BCUT2D eigenvalue weighted by Gasteiger charge is -2.15. The smallest absolute Gasteiger partial charge is 0.227 e. The number of para-hydroxylation sites is 1. The summed E-state index contributed by atoms with van der Waals surface area (Å²) in [6.07, 6.45) is 3.24. The molecule has 172 valence electrons. The number of nitrogens with zero attached hydrogens (tertiary/aromatic N) is 5. The van der Waals surface area contributed by atoms with E-state index in [9.17, 15) is 5.26 Å². The third-order valence-electron chi connectivity index (χ3n) is 4.85. The Labute approximate surface area is 203 Å². The molecule has 3 aromatic carbocycles. The molecule has 8 heteroatoms. The molecule has 0 aliphatic rings. The minimum Gasteiger partial charge on any atom is -0.456 e. The molecule has 0 aliphatic heterocycles. The van der Waals surface area contributed by atoms with Crippen molar-refractivity contribution >= 4 is 23.2 Å². The van der Waals surface area contributed by atoms with Crippen molar-refractivity contribution in [1.29, 1.82) is 5.26 Å². The Morgan fingerprint density at radius 2 is 1.89 bits per heavy atom. The summed E-state index contributed by atoms with van der Waals surface area (Å²) < 4.78 is 5.86. The van der Waals surface area contributed by atoms with E-state index in [0.717, 1.165) is 16.9 Å². The Kier molecular flexibility index (Phi) is 6.99. The predicted octanol–water partition coefficient (Wildman–Crippen LogP) is 5.79. The Morgan fingerprint density at radius 1 is 1.11 bits per heavy atom. The number of hydrazone groups is 1. The molecule has 0 bridgehead atoms. The molecule has 0 saturated carbocycles. The van der Waals surface area contributed by atoms with E-state index < -0.39 is 0 Å². The van der Waals surface area contributed by atoms with E-state index in [1.165, 1.54) is 0 Å². The first-order valence-corrected chi connectivity index (χ1v) is 10.8. The summed E-state index contributed by atoms with van der Waals surface area (Å²) >= 11 is 0. The van der Waals surface area contributed by atoms with Crippen LogP contribution in [-0.2, 0) is 0 Å². The van der Waals surface area contributed by atoms with Crippen molar-refractivity contribution in [2.45, 2.75) is 6.92 Å². The van der Waals surface area contributed by atoms with Gasteiger partial charge in [-0.2, -0.15) is 10.4 Å².